The molecule has 8 aromatic heterocycles. The molecule has 0 saturated carbocycles. The SMILES string of the molecule is CC(C)(C)OC(=O)N1CCC(c2cc(-c3ccnc(Br)c3)c(-c3ccc(F)cc3)[nH]2)CC1.CC(C)(C)OC(=O)N1CCC(c2cc(-c3ccnc(C#N)c3)c(-c3ccc(F)cc3)[nH]2)CC1.CN1CCC(c2cc(-c3ccnc(C#N)c3)c(-c3ccc(F)cc3)[nH]2)CC1.N#Cc1cc(-c2cc(C3CCNCC3)[nH]c2-c2ccc(F)cc2)ccn1.[2H]CF. The molecule has 618 valence electrons. The van der Waals surface area contributed by atoms with E-state index in [2.05, 4.69) is 116 Å². The van der Waals surface area contributed by atoms with Gasteiger partial charge in [-0.05, 0) is 356 Å². The number of pyridine rings is 4. The van der Waals surface area contributed by atoms with E-state index in [0.29, 0.717) is 61.0 Å². The maximum atomic E-state index is 13.5. The molecule has 19 nitrogen and oxygen atoms in total. The Hall–Kier alpha value is -12.3. The highest BCUT2D eigenvalue weighted by molar-refractivity contribution is 9.10. The Labute approximate surface area is 706 Å². The smallest absolute Gasteiger partial charge is 0.410 e. The number of halogens is 6. The van der Waals surface area contributed by atoms with E-state index < -0.39 is 18.4 Å². The standard InChI is InChI=1S/C26H27FN4O2.C25H27BrFN3O2.C22H21FN4.C21H19FN4.CH3F/c1-26(2,3)33-25(32)31-12-9-17(10-13-31)23-15-22(19-8-11-29-21(14-19)16-28)24(30-23)18-4-6-20(27)7-5-18;1-25(2,3)32-24(31)30-12-9-16(10-13-30)21-15-20(18-8-11-28-22(26)14-18)23(29-21)17-4-6-19(27)7-5-17;1-27-10-7-15(8-11-27)21-13-20(17-6-9-25-19(12-17)14-24)22(26-21)16-2-4-18(23)5-3-16;22-17-3-1-15(2-4-17)21-19(16-7-10-25-18(11-16)13-23)12-20(26-21)14-5-8-24-9-6-14;1-2/h4-8,11,14-15,17,30H,9-10,12-13H2,1-3H3;4-8,11,14-16,29H,9-10,12-13H2,1-3H3;2-6,9,12-13,15,26H,7-8,10-11H2,1H3;1-4,7,10-12,14,24,26H,5-6,8-9H2;1H3/i;;;;1D. The summed E-state index contributed by atoms with van der Waals surface area (Å²) < 4.78 is 81.1. The lowest BCUT2D eigenvalue weighted by molar-refractivity contribution is 0.0194. The second kappa shape index (κ2) is 39.9. The number of ether oxygens (including phenoxy) is 2. The quantitative estimate of drug-likeness (QED) is 0.0564. The number of hydrogen-bond donors (Lipinski definition) is 5. The fraction of sp³-hybridized carbons (Fsp3) is 0.316. The molecule has 4 aliphatic heterocycles. The van der Waals surface area contributed by atoms with E-state index in [1.54, 1.807) is 101 Å². The molecule has 0 radical (unpaired) electrons. The first-order chi connectivity index (χ1) is 58.2. The summed E-state index contributed by atoms with van der Waals surface area (Å²) in [5.74, 6) is 0.434. The molecule has 4 aromatic carbocycles. The van der Waals surface area contributed by atoms with Gasteiger partial charge >= 0.3 is 12.2 Å². The number of carbonyl (C=O) groups is 2. The predicted octanol–water partition coefficient (Wildman–Crippen LogP) is 22.0. The van der Waals surface area contributed by atoms with Gasteiger partial charge in [-0.15, -0.1) is 0 Å². The first-order valence-corrected chi connectivity index (χ1v) is 40.9. The van der Waals surface area contributed by atoms with Crippen LogP contribution in [-0.2, 0) is 9.47 Å². The van der Waals surface area contributed by atoms with Gasteiger partial charge in [-0.1, -0.05) is 0 Å². The number of alkyl halides is 1. The van der Waals surface area contributed by atoms with Gasteiger partial charge in [-0.3, -0.25) is 4.39 Å². The van der Waals surface area contributed by atoms with Crippen LogP contribution < -0.4 is 5.32 Å². The zero-order valence-electron chi connectivity index (χ0n) is 69.2. The molecule has 0 atom stereocenters. The van der Waals surface area contributed by atoms with Crippen LogP contribution in [-0.4, -0.2) is 145 Å². The minimum absolute atomic E-state index is 0.244. The van der Waals surface area contributed by atoms with Crippen molar-refractivity contribution in [3.8, 4) is 108 Å². The van der Waals surface area contributed by atoms with E-state index in [1.165, 1.54) is 59.9 Å². The lowest BCUT2D eigenvalue weighted by Gasteiger charge is -2.33. The van der Waals surface area contributed by atoms with Crippen molar-refractivity contribution in [2.24, 2.45) is 0 Å². The van der Waals surface area contributed by atoms with Crippen LogP contribution in [0.15, 0.2) is 199 Å². The van der Waals surface area contributed by atoms with Gasteiger partial charge in [0.25, 0.3) is 0 Å². The lowest BCUT2D eigenvalue weighted by Crippen LogP contribution is -2.41. The maximum absolute atomic E-state index is 13.5. The number of benzene rings is 4. The Morgan fingerprint density at radius 3 is 0.933 bits per heavy atom. The van der Waals surface area contributed by atoms with Crippen molar-refractivity contribution >= 4 is 28.1 Å². The van der Waals surface area contributed by atoms with E-state index in [-0.39, 0.29) is 41.4 Å². The van der Waals surface area contributed by atoms with Crippen molar-refractivity contribution in [1.82, 2.24) is 59.9 Å². The Kier molecular flexibility index (Phi) is 28.5. The summed E-state index contributed by atoms with van der Waals surface area (Å²) in [6, 6.07) is 55.8. The monoisotopic (exact) mass is 1690 g/mol. The number of amides is 2. The average Bonchev–Trinajstić information content (AvgIpc) is 1.67. The highest BCUT2D eigenvalue weighted by Gasteiger charge is 2.33. The molecule has 4 saturated heterocycles. The van der Waals surface area contributed by atoms with Crippen molar-refractivity contribution < 1.29 is 42.4 Å². The molecule has 0 aliphatic carbocycles. The van der Waals surface area contributed by atoms with Gasteiger partial charge in [0.1, 0.15) is 74.4 Å². The van der Waals surface area contributed by atoms with E-state index in [4.69, 9.17) is 16.1 Å². The molecule has 0 spiro atoms. The van der Waals surface area contributed by atoms with Gasteiger partial charge in [0.2, 0.25) is 0 Å². The minimum atomic E-state index is -1.00. The lowest BCUT2D eigenvalue weighted by atomic mass is 9.93. The van der Waals surface area contributed by atoms with Gasteiger partial charge < -0.3 is 49.4 Å². The number of aromatic amines is 4. The van der Waals surface area contributed by atoms with Crippen LogP contribution in [0.2, 0.25) is 0 Å². The van der Waals surface area contributed by atoms with Crippen LogP contribution in [0, 0.1) is 57.3 Å². The van der Waals surface area contributed by atoms with Gasteiger partial charge in [-0.25, -0.2) is 47.1 Å². The van der Waals surface area contributed by atoms with Crippen LogP contribution in [0.25, 0.3) is 89.5 Å². The number of carbonyl (C=O) groups excluding carboxylic acids is 2. The van der Waals surface area contributed by atoms with Gasteiger partial charge in [0.05, 0.1) is 31.3 Å². The van der Waals surface area contributed by atoms with E-state index >= 15 is 0 Å². The largest absolute Gasteiger partial charge is 0.444 e. The summed E-state index contributed by atoms with van der Waals surface area (Å²) in [5, 5.41) is 31.0. The van der Waals surface area contributed by atoms with Crippen molar-refractivity contribution in [2.45, 2.75) is 128 Å². The van der Waals surface area contributed by atoms with Crippen LogP contribution in [0.5, 0.6) is 0 Å². The molecule has 0 bridgehead atoms. The number of piperidine rings is 4. The van der Waals surface area contributed by atoms with Gasteiger partial charge in [0.15, 0.2) is 0 Å². The second-order valence-corrected chi connectivity index (χ2v) is 33.0. The average molecular weight is 1690 g/mol. The molecule has 2 amide bonds. The highest BCUT2D eigenvalue weighted by Crippen LogP contribution is 2.43. The van der Waals surface area contributed by atoms with Crippen molar-refractivity contribution in [3.05, 3.63) is 262 Å². The Balaban J connectivity index is 0.000000147. The van der Waals surface area contributed by atoms with E-state index in [9.17, 15) is 42.1 Å². The van der Waals surface area contributed by atoms with E-state index in [0.717, 1.165) is 183 Å². The molecular formula is C95H97BrF5N15O4. The van der Waals surface area contributed by atoms with Crippen molar-refractivity contribution in [2.75, 3.05) is 66.6 Å². The number of likely N-dealkylation sites (tertiary alicyclic amines) is 3. The van der Waals surface area contributed by atoms with Crippen molar-refractivity contribution in [1.29, 1.82) is 15.8 Å². The highest BCUT2D eigenvalue weighted by atomic mass is 79.9. The zero-order valence-corrected chi connectivity index (χ0v) is 69.8. The summed E-state index contributed by atoms with van der Waals surface area (Å²) >= 11 is 3.45. The number of hydrogen-bond acceptors (Lipinski definition) is 13. The molecular weight excluding hydrogens is 1590 g/mol. The molecule has 4 fully saturated rings. The zero-order chi connectivity index (χ0) is 85.9. The molecule has 120 heavy (non-hydrogen) atoms. The topological polar surface area (TPSA) is 260 Å². The minimum Gasteiger partial charge on any atom is -0.444 e. The number of nitrogens with one attached hydrogen (secondary N) is 5. The fourth-order valence-electron chi connectivity index (χ4n) is 15.5. The summed E-state index contributed by atoms with van der Waals surface area (Å²) in [6.45, 7) is 18.0. The molecule has 16 rings (SSSR count). The first-order valence-electron chi connectivity index (χ1n) is 40.8. The second-order valence-electron chi connectivity index (χ2n) is 32.2. The Morgan fingerprint density at radius 2 is 0.667 bits per heavy atom. The number of nitriles is 3. The fourth-order valence-corrected chi connectivity index (χ4v) is 15.8. The Morgan fingerprint density at radius 1 is 0.408 bits per heavy atom. The number of H-pyrrole nitrogens is 4. The van der Waals surface area contributed by atoms with Crippen LogP contribution in [0.4, 0.5) is 31.5 Å². The normalized spacial score (nSPS) is 15.0. The summed E-state index contributed by atoms with van der Waals surface area (Å²) in [5.41, 5.74) is 19.8. The maximum Gasteiger partial charge on any atom is 0.410 e. The van der Waals surface area contributed by atoms with E-state index in [1.807, 2.05) is 71.9 Å². The van der Waals surface area contributed by atoms with Crippen molar-refractivity contribution in [3.63, 3.8) is 0 Å². The van der Waals surface area contributed by atoms with Crippen LogP contribution in [0.3, 0.4) is 0 Å². The summed E-state index contributed by atoms with van der Waals surface area (Å²) in [6.07, 6.45) is 13.9. The molecule has 4 aliphatic rings. The molecule has 0 unspecified atom stereocenters. The molecule has 25 heteroatoms. The van der Waals surface area contributed by atoms with Crippen LogP contribution >= 0.6 is 15.9 Å². The summed E-state index contributed by atoms with van der Waals surface area (Å²) in [7, 11) is 1.15. The van der Waals surface area contributed by atoms with Gasteiger partial charge in [-0.2, -0.15) is 15.8 Å². The number of aromatic nitrogens is 8. The third-order valence-corrected chi connectivity index (χ3v) is 22.0. The Bertz CT molecular complexity index is 5620. The third-order valence-electron chi connectivity index (χ3n) is 21.6. The predicted molar refractivity (Wildman–Crippen MR) is 460 cm³/mol. The first kappa shape index (κ1) is 85.5. The number of nitrogens with zero attached hydrogens (tertiary/aromatic N) is 10. The molecule has 5 N–H and O–H groups in total. The molecule has 12 heterocycles. The van der Waals surface area contributed by atoms with Crippen LogP contribution in [0.1, 0.15) is 158 Å². The summed E-state index contributed by atoms with van der Waals surface area (Å²) in [4.78, 5) is 61.5. The number of rotatable bonds is 12. The van der Waals surface area contributed by atoms with Gasteiger partial charge in [0, 0.05) is 120 Å². The molecule has 12 aromatic rings. The third kappa shape index (κ3) is 22.7.